The first-order valence-corrected chi connectivity index (χ1v) is 10.7. The largest absolute Gasteiger partial charge is 0.481 e. The Morgan fingerprint density at radius 1 is 1.21 bits per heavy atom. The van der Waals surface area contributed by atoms with Gasteiger partial charge in [-0.15, -0.1) is 0 Å². The summed E-state index contributed by atoms with van der Waals surface area (Å²) >= 11 is 5.97. The highest BCUT2D eigenvalue weighted by molar-refractivity contribution is 6.30. The minimum atomic E-state index is -1.55. The predicted molar refractivity (Wildman–Crippen MR) is 122 cm³/mol. The number of ether oxygens (including phenoxy) is 1. The summed E-state index contributed by atoms with van der Waals surface area (Å²) in [6.07, 6.45) is 0.542. The molecule has 1 heterocycles. The minimum Gasteiger partial charge on any atom is -0.481 e. The van der Waals surface area contributed by atoms with Gasteiger partial charge in [0.15, 0.2) is 5.78 Å². The summed E-state index contributed by atoms with van der Waals surface area (Å²) in [6, 6.07) is 8.74. The molecule has 0 aliphatic rings. The molecular formula is C23H21ClFN3O6. The first-order valence-electron chi connectivity index (χ1n) is 10.3. The Hall–Kier alpha value is -3.79. The topological polar surface area (TPSA) is 128 Å². The SMILES string of the molecule is CC[C@@H](C(=O)NC(CC(=O)O)C(=O)CF)n1cnc2ccc(Oc3cccc(Cl)c3)cc2c1=O. The van der Waals surface area contributed by atoms with Crippen LogP contribution < -0.4 is 15.6 Å². The molecule has 3 rings (SSSR count). The Labute approximate surface area is 198 Å². The van der Waals surface area contributed by atoms with E-state index in [-0.39, 0.29) is 11.8 Å². The molecule has 0 aliphatic heterocycles. The number of aliphatic carboxylic acids is 1. The van der Waals surface area contributed by atoms with Gasteiger partial charge in [-0.1, -0.05) is 24.6 Å². The van der Waals surface area contributed by atoms with Crippen LogP contribution in [0.2, 0.25) is 5.02 Å². The number of fused-ring (bicyclic) bond motifs is 1. The summed E-state index contributed by atoms with van der Waals surface area (Å²) in [5, 5.41) is 11.8. The van der Waals surface area contributed by atoms with Crippen LogP contribution in [-0.2, 0) is 14.4 Å². The van der Waals surface area contributed by atoms with Crippen LogP contribution >= 0.6 is 11.6 Å². The zero-order chi connectivity index (χ0) is 24.8. The summed E-state index contributed by atoms with van der Waals surface area (Å²) in [6.45, 7) is 0.199. The lowest BCUT2D eigenvalue weighted by Gasteiger charge is -2.21. The average Bonchev–Trinajstić information content (AvgIpc) is 2.80. The summed E-state index contributed by atoms with van der Waals surface area (Å²) in [5.41, 5.74) is -0.179. The number of hydrogen-bond donors (Lipinski definition) is 2. The van der Waals surface area contributed by atoms with Crippen molar-refractivity contribution in [3.05, 3.63) is 64.2 Å². The van der Waals surface area contributed by atoms with E-state index in [1.165, 1.54) is 12.4 Å². The molecule has 0 bridgehead atoms. The van der Waals surface area contributed by atoms with Crippen molar-refractivity contribution in [2.24, 2.45) is 0 Å². The van der Waals surface area contributed by atoms with Crippen LogP contribution in [0.25, 0.3) is 10.9 Å². The third-order valence-corrected chi connectivity index (χ3v) is 5.26. The maximum absolute atomic E-state index is 13.2. The summed E-state index contributed by atoms with van der Waals surface area (Å²) in [5.74, 6) is -2.44. The van der Waals surface area contributed by atoms with Crippen molar-refractivity contribution in [1.29, 1.82) is 0 Å². The second-order valence-corrected chi connectivity index (χ2v) is 7.81. The second kappa shape index (κ2) is 10.9. The molecule has 1 amide bonds. The summed E-state index contributed by atoms with van der Waals surface area (Å²) < 4.78 is 19.7. The molecule has 11 heteroatoms. The monoisotopic (exact) mass is 489 g/mol. The molecular weight excluding hydrogens is 469 g/mol. The van der Waals surface area contributed by atoms with Gasteiger partial charge in [-0.3, -0.25) is 23.7 Å². The molecule has 1 unspecified atom stereocenters. The molecule has 0 saturated carbocycles. The molecule has 1 aromatic heterocycles. The van der Waals surface area contributed by atoms with Crippen LogP contribution in [0.5, 0.6) is 11.5 Å². The van der Waals surface area contributed by atoms with Gasteiger partial charge < -0.3 is 15.2 Å². The van der Waals surface area contributed by atoms with Gasteiger partial charge in [0.2, 0.25) is 5.91 Å². The van der Waals surface area contributed by atoms with Crippen molar-refractivity contribution in [3.8, 4) is 11.5 Å². The number of ketones is 1. The number of nitrogens with zero attached hydrogens (tertiary/aromatic N) is 2. The van der Waals surface area contributed by atoms with Gasteiger partial charge in [0.25, 0.3) is 5.56 Å². The molecule has 3 aromatic rings. The number of benzene rings is 2. The fourth-order valence-corrected chi connectivity index (χ4v) is 3.54. The zero-order valence-corrected chi connectivity index (χ0v) is 18.8. The van der Waals surface area contributed by atoms with Gasteiger partial charge >= 0.3 is 5.97 Å². The predicted octanol–water partition coefficient (Wildman–Crippen LogP) is 3.29. The van der Waals surface area contributed by atoms with Crippen molar-refractivity contribution in [2.45, 2.75) is 31.8 Å². The molecule has 0 spiro atoms. The lowest BCUT2D eigenvalue weighted by atomic mass is 10.1. The molecule has 178 valence electrons. The smallest absolute Gasteiger partial charge is 0.305 e. The number of rotatable bonds is 10. The maximum Gasteiger partial charge on any atom is 0.305 e. The van der Waals surface area contributed by atoms with E-state index in [2.05, 4.69) is 10.3 Å². The average molecular weight is 490 g/mol. The molecule has 2 atom stereocenters. The van der Waals surface area contributed by atoms with Crippen LogP contribution in [-0.4, -0.2) is 45.0 Å². The molecule has 9 nitrogen and oxygen atoms in total. The number of carboxylic acids is 1. The normalized spacial score (nSPS) is 12.7. The molecule has 2 aromatic carbocycles. The molecule has 0 fully saturated rings. The van der Waals surface area contributed by atoms with Crippen LogP contribution in [0.15, 0.2) is 53.6 Å². The van der Waals surface area contributed by atoms with Crippen molar-refractivity contribution < 1.29 is 28.6 Å². The molecule has 2 N–H and O–H groups in total. The van der Waals surface area contributed by atoms with E-state index in [0.29, 0.717) is 22.0 Å². The number of halogens is 2. The van der Waals surface area contributed by atoms with Crippen molar-refractivity contribution in [2.75, 3.05) is 6.67 Å². The van der Waals surface area contributed by atoms with E-state index >= 15 is 0 Å². The summed E-state index contributed by atoms with van der Waals surface area (Å²) in [4.78, 5) is 52.9. The van der Waals surface area contributed by atoms with Gasteiger partial charge in [0.1, 0.15) is 30.3 Å². The minimum absolute atomic E-state index is 0.126. The number of carboxylic acid groups (broad SMARTS) is 1. The third kappa shape index (κ3) is 5.76. The highest BCUT2D eigenvalue weighted by Gasteiger charge is 2.28. The van der Waals surface area contributed by atoms with Crippen molar-refractivity contribution in [3.63, 3.8) is 0 Å². The lowest BCUT2D eigenvalue weighted by molar-refractivity contribution is -0.140. The van der Waals surface area contributed by atoms with E-state index in [1.807, 2.05) is 0 Å². The lowest BCUT2D eigenvalue weighted by Crippen LogP contribution is -2.47. The first-order chi connectivity index (χ1) is 16.2. The Morgan fingerprint density at radius 3 is 2.59 bits per heavy atom. The molecule has 0 saturated heterocycles. The van der Waals surface area contributed by atoms with E-state index in [4.69, 9.17) is 21.4 Å². The fraction of sp³-hybridized carbons (Fsp3) is 0.261. The maximum atomic E-state index is 13.2. The third-order valence-electron chi connectivity index (χ3n) is 5.03. The van der Waals surface area contributed by atoms with Gasteiger partial charge in [0, 0.05) is 5.02 Å². The Kier molecular flexibility index (Phi) is 7.95. The first kappa shape index (κ1) is 24.8. The number of aromatic nitrogens is 2. The quantitative estimate of drug-likeness (QED) is 0.447. The van der Waals surface area contributed by atoms with Crippen molar-refractivity contribution >= 4 is 40.2 Å². The number of carbonyl (C=O) groups excluding carboxylic acids is 2. The molecule has 0 radical (unpaired) electrons. The van der Waals surface area contributed by atoms with Gasteiger partial charge in [-0.2, -0.15) is 0 Å². The van der Waals surface area contributed by atoms with Gasteiger partial charge in [-0.25, -0.2) is 9.37 Å². The number of hydrogen-bond acceptors (Lipinski definition) is 6. The van der Waals surface area contributed by atoms with Crippen LogP contribution in [0.1, 0.15) is 25.8 Å². The highest BCUT2D eigenvalue weighted by Crippen LogP contribution is 2.26. The van der Waals surface area contributed by atoms with Gasteiger partial charge in [-0.05, 0) is 42.8 Å². The van der Waals surface area contributed by atoms with E-state index < -0.39 is 48.4 Å². The fourth-order valence-electron chi connectivity index (χ4n) is 3.36. The molecule has 0 aliphatic carbocycles. The van der Waals surface area contributed by atoms with Crippen LogP contribution in [0.4, 0.5) is 4.39 Å². The Balaban J connectivity index is 1.92. The van der Waals surface area contributed by atoms with Gasteiger partial charge in [0.05, 0.1) is 23.7 Å². The Morgan fingerprint density at radius 2 is 1.94 bits per heavy atom. The van der Waals surface area contributed by atoms with Crippen molar-refractivity contribution in [1.82, 2.24) is 14.9 Å². The van der Waals surface area contributed by atoms with E-state index in [1.54, 1.807) is 43.3 Å². The van der Waals surface area contributed by atoms with Crippen LogP contribution in [0.3, 0.4) is 0 Å². The van der Waals surface area contributed by atoms with E-state index in [0.717, 1.165) is 4.57 Å². The summed E-state index contributed by atoms with van der Waals surface area (Å²) in [7, 11) is 0. The zero-order valence-electron chi connectivity index (χ0n) is 18.0. The number of Topliss-reactive ketones (excluding diaryl/α,β-unsaturated/α-hetero) is 1. The number of carbonyl (C=O) groups is 3. The Bertz CT molecular complexity index is 1300. The number of amides is 1. The second-order valence-electron chi connectivity index (χ2n) is 7.38. The highest BCUT2D eigenvalue weighted by atomic mass is 35.5. The van der Waals surface area contributed by atoms with Crippen LogP contribution in [0, 0.1) is 0 Å². The number of nitrogens with one attached hydrogen (secondary N) is 1. The van der Waals surface area contributed by atoms with E-state index in [9.17, 15) is 23.6 Å². The number of alkyl halides is 1. The standard InChI is InChI=1S/C23H21ClFN3O6/c1-2-19(22(32)27-18(10-21(30)31)20(29)11-25)28-12-26-17-7-6-15(9-16(17)23(28)33)34-14-5-3-4-13(24)8-14/h3-9,12,18-19H,2,10-11H2,1H3,(H,27,32)(H,30,31)/t18?,19-/m0/s1. The molecule has 34 heavy (non-hydrogen) atoms.